The Bertz CT molecular complexity index is 356. The zero-order chi connectivity index (χ0) is 13.3. The van der Waals surface area contributed by atoms with E-state index < -0.39 is 0 Å². The second kappa shape index (κ2) is 4.81. The molecule has 1 heteroatoms. The first kappa shape index (κ1) is 14.2. The minimum absolute atomic E-state index is 0.0798. The van der Waals surface area contributed by atoms with E-state index >= 15 is 0 Å². The van der Waals surface area contributed by atoms with Crippen molar-refractivity contribution in [2.75, 3.05) is 6.54 Å². The molecule has 1 unspecified atom stereocenters. The Morgan fingerprint density at radius 1 is 0.941 bits per heavy atom. The Hall–Kier alpha value is -0.820. The molecule has 0 spiro atoms. The van der Waals surface area contributed by atoms with Crippen molar-refractivity contribution < 1.29 is 0 Å². The molecule has 0 aliphatic rings. The fourth-order valence-corrected chi connectivity index (χ4v) is 2.04. The minimum atomic E-state index is 0.0798. The van der Waals surface area contributed by atoms with Crippen LogP contribution in [0.25, 0.3) is 0 Å². The van der Waals surface area contributed by atoms with Crippen LogP contribution in [0.4, 0.5) is 0 Å². The predicted octanol–water partition coefficient (Wildman–Crippen LogP) is 3.86. The Morgan fingerprint density at radius 2 is 1.35 bits per heavy atom. The van der Waals surface area contributed by atoms with Crippen LogP contribution in [0.1, 0.15) is 52.7 Å². The van der Waals surface area contributed by atoms with Crippen molar-refractivity contribution >= 4 is 0 Å². The molecule has 17 heavy (non-hydrogen) atoms. The Kier molecular flexibility index (Phi) is 4.03. The predicted molar refractivity (Wildman–Crippen MR) is 76.4 cm³/mol. The largest absolute Gasteiger partial charge is 0.330 e. The van der Waals surface area contributed by atoms with Gasteiger partial charge in [-0.05, 0) is 22.5 Å². The Morgan fingerprint density at radius 3 is 1.65 bits per heavy atom. The summed E-state index contributed by atoms with van der Waals surface area (Å²) in [5.41, 5.74) is 8.99. The molecule has 0 bridgehead atoms. The van der Waals surface area contributed by atoms with Crippen LogP contribution < -0.4 is 5.73 Å². The number of hydrogen-bond acceptors (Lipinski definition) is 1. The van der Waals surface area contributed by atoms with Crippen molar-refractivity contribution in [3.8, 4) is 0 Å². The fourth-order valence-electron chi connectivity index (χ4n) is 2.04. The zero-order valence-corrected chi connectivity index (χ0v) is 12.2. The summed E-state index contributed by atoms with van der Waals surface area (Å²) in [6.45, 7) is 14.2. The van der Waals surface area contributed by atoms with E-state index in [4.69, 9.17) is 5.73 Å². The summed E-state index contributed by atoms with van der Waals surface area (Å²) in [7, 11) is 0. The molecule has 1 nitrogen and oxygen atoms in total. The van der Waals surface area contributed by atoms with Crippen molar-refractivity contribution in [3.63, 3.8) is 0 Å². The van der Waals surface area contributed by atoms with E-state index in [0.717, 1.165) is 0 Å². The van der Waals surface area contributed by atoms with Gasteiger partial charge in [-0.2, -0.15) is 0 Å². The summed E-state index contributed by atoms with van der Waals surface area (Å²) >= 11 is 0. The lowest BCUT2D eigenvalue weighted by Crippen LogP contribution is -2.37. The molecule has 1 atom stereocenters. The minimum Gasteiger partial charge on any atom is -0.330 e. The van der Waals surface area contributed by atoms with Crippen LogP contribution in [-0.2, 0) is 10.8 Å². The molecule has 0 amide bonds. The van der Waals surface area contributed by atoms with Crippen molar-refractivity contribution in [1.82, 2.24) is 0 Å². The maximum atomic E-state index is 5.96. The molecule has 0 aliphatic heterocycles. The summed E-state index contributed by atoms with van der Waals surface area (Å²) in [5, 5.41) is 0. The zero-order valence-electron chi connectivity index (χ0n) is 12.2. The highest BCUT2D eigenvalue weighted by Crippen LogP contribution is 2.32. The van der Waals surface area contributed by atoms with E-state index in [1.54, 1.807) is 0 Å². The van der Waals surface area contributed by atoms with Crippen molar-refractivity contribution in [3.05, 3.63) is 35.4 Å². The molecule has 2 N–H and O–H groups in total. The molecule has 0 heterocycles. The molecule has 0 saturated heterocycles. The van der Waals surface area contributed by atoms with Gasteiger partial charge in [-0.3, -0.25) is 0 Å². The lowest BCUT2D eigenvalue weighted by Gasteiger charge is -2.33. The van der Waals surface area contributed by atoms with E-state index in [9.17, 15) is 0 Å². The molecule has 1 aromatic carbocycles. The first-order valence-corrected chi connectivity index (χ1v) is 6.53. The van der Waals surface area contributed by atoms with Gasteiger partial charge in [0, 0.05) is 12.0 Å². The second-order valence-corrected chi connectivity index (χ2v) is 6.60. The Balaban J connectivity index is 3.10. The maximum Gasteiger partial charge on any atom is 0.00702 e. The molecule has 0 aromatic heterocycles. The van der Waals surface area contributed by atoms with E-state index in [0.29, 0.717) is 12.5 Å². The van der Waals surface area contributed by atoms with Gasteiger partial charge in [-0.25, -0.2) is 0 Å². The summed E-state index contributed by atoms with van der Waals surface area (Å²) < 4.78 is 0. The van der Waals surface area contributed by atoms with Crippen LogP contribution in [0.3, 0.4) is 0 Å². The third-order valence-corrected chi connectivity index (χ3v) is 4.11. The van der Waals surface area contributed by atoms with Crippen molar-refractivity contribution in [2.24, 2.45) is 11.7 Å². The second-order valence-electron chi connectivity index (χ2n) is 6.60. The van der Waals surface area contributed by atoms with Crippen LogP contribution >= 0.6 is 0 Å². The fraction of sp³-hybridized carbons (Fsp3) is 0.625. The maximum absolute atomic E-state index is 5.96. The van der Waals surface area contributed by atoms with Gasteiger partial charge in [-0.1, -0.05) is 65.8 Å². The highest BCUT2D eigenvalue weighted by molar-refractivity contribution is 5.32. The van der Waals surface area contributed by atoms with Crippen LogP contribution in [-0.4, -0.2) is 6.54 Å². The molecule has 0 fully saturated rings. The molecule has 1 rings (SSSR count). The van der Waals surface area contributed by atoms with Gasteiger partial charge in [0.25, 0.3) is 0 Å². The summed E-state index contributed by atoms with van der Waals surface area (Å²) in [4.78, 5) is 0. The molecule has 0 saturated carbocycles. The van der Waals surface area contributed by atoms with Crippen LogP contribution in [0.2, 0.25) is 0 Å². The van der Waals surface area contributed by atoms with Crippen molar-refractivity contribution in [2.45, 2.75) is 52.4 Å². The van der Waals surface area contributed by atoms with E-state index in [-0.39, 0.29) is 10.8 Å². The van der Waals surface area contributed by atoms with E-state index in [1.165, 1.54) is 11.1 Å². The number of rotatable bonds is 3. The van der Waals surface area contributed by atoms with Gasteiger partial charge < -0.3 is 5.73 Å². The van der Waals surface area contributed by atoms with E-state index in [2.05, 4.69) is 65.8 Å². The van der Waals surface area contributed by atoms with Gasteiger partial charge in [0.2, 0.25) is 0 Å². The summed E-state index contributed by atoms with van der Waals surface area (Å²) in [6.07, 6.45) is 0. The molecule has 0 aliphatic carbocycles. The first-order chi connectivity index (χ1) is 7.71. The van der Waals surface area contributed by atoms with Crippen LogP contribution in [0, 0.1) is 5.92 Å². The molecule has 1 aromatic rings. The summed E-state index contributed by atoms with van der Waals surface area (Å²) in [5.74, 6) is 0.549. The summed E-state index contributed by atoms with van der Waals surface area (Å²) in [6, 6.07) is 8.97. The average Bonchev–Trinajstić information content (AvgIpc) is 2.26. The normalized spacial score (nSPS) is 16.0. The first-order valence-electron chi connectivity index (χ1n) is 6.53. The highest BCUT2D eigenvalue weighted by atomic mass is 14.6. The molecule has 96 valence electrons. The Labute approximate surface area is 106 Å². The third kappa shape index (κ3) is 2.90. The smallest absolute Gasteiger partial charge is 0.00702 e. The van der Waals surface area contributed by atoms with Crippen LogP contribution in [0.5, 0.6) is 0 Å². The lowest BCUT2D eigenvalue weighted by atomic mass is 9.72. The van der Waals surface area contributed by atoms with Gasteiger partial charge in [0.1, 0.15) is 0 Å². The molecular weight excluding hydrogens is 206 g/mol. The standard InChI is InChI=1S/C16H27N/c1-12(2)16(6,11-17)14-9-7-13(8-10-14)15(3,4)5/h7-10,12H,11,17H2,1-6H3. The van der Waals surface area contributed by atoms with Crippen molar-refractivity contribution in [1.29, 1.82) is 0 Å². The topological polar surface area (TPSA) is 26.0 Å². The number of nitrogens with two attached hydrogens (primary N) is 1. The third-order valence-electron chi connectivity index (χ3n) is 4.11. The SMILES string of the molecule is CC(C)C(C)(CN)c1ccc(C(C)(C)C)cc1. The quantitative estimate of drug-likeness (QED) is 0.843. The highest BCUT2D eigenvalue weighted by Gasteiger charge is 2.29. The number of benzene rings is 1. The van der Waals surface area contributed by atoms with Gasteiger partial charge >= 0.3 is 0 Å². The lowest BCUT2D eigenvalue weighted by molar-refractivity contribution is 0.347. The monoisotopic (exact) mass is 233 g/mol. The molecular formula is C16H27N. The molecule has 0 radical (unpaired) electrons. The number of hydrogen-bond donors (Lipinski definition) is 1. The van der Waals surface area contributed by atoms with Gasteiger partial charge in [-0.15, -0.1) is 0 Å². The van der Waals surface area contributed by atoms with Crippen LogP contribution in [0.15, 0.2) is 24.3 Å². The van der Waals surface area contributed by atoms with Gasteiger partial charge in [0.05, 0.1) is 0 Å². The van der Waals surface area contributed by atoms with Gasteiger partial charge in [0.15, 0.2) is 0 Å². The van der Waals surface area contributed by atoms with E-state index in [1.807, 2.05) is 0 Å². The average molecular weight is 233 g/mol.